The van der Waals surface area contributed by atoms with E-state index in [2.05, 4.69) is 0 Å². The van der Waals surface area contributed by atoms with Crippen LogP contribution in [0.15, 0.2) is 18.2 Å². The predicted molar refractivity (Wildman–Crippen MR) is 64.1 cm³/mol. The number of fused-ring (bicyclic) bond motifs is 1. The highest BCUT2D eigenvalue weighted by Gasteiger charge is 2.41. The van der Waals surface area contributed by atoms with Crippen LogP contribution < -0.4 is 4.74 Å². The highest BCUT2D eigenvalue weighted by atomic mass is 16.5. The van der Waals surface area contributed by atoms with Crippen molar-refractivity contribution in [1.29, 1.82) is 0 Å². The van der Waals surface area contributed by atoms with Crippen LogP contribution in [0, 0.1) is 0 Å². The zero-order valence-electron chi connectivity index (χ0n) is 9.85. The number of aliphatic hydroxyl groups excluding tert-OH is 1. The van der Waals surface area contributed by atoms with Crippen LogP contribution in [0.5, 0.6) is 11.5 Å². The smallest absolute Gasteiger partial charge is 0.126 e. The first kappa shape index (κ1) is 10.9. The summed E-state index contributed by atoms with van der Waals surface area (Å²) in [5.74, 6) is 0.925. The fourth-order valence-electron chi connectivity index (χ4n) is 3.13. The summed E-state index contributed by atoms with van der Waals surface area (Å²) in [4.78, 5) is 0. The largest absolute Gasteiger partial charge is 0.508 e. The third kappa shape index (κ3) is 1.89. The minimum absolute atomic E-state index is 0.165. The molecule has 3 nitrogen and oxygen atoms in total. The Bertz CT molecular complexity index is 421. The Balaban J connectivity index is 1.94. The van der Waals surface area contributed by atoms with E-state index in [0.717, 1.165) is 24.2 Å². The molecule has 0 aromatic heterocycles. The van der Waals surface area contributed by atoms with Gasteiger partial charge in [-0.15, -0.1) is 0 Å². The Kier molecular flexibility index (Phi) is 2.51. The summed E-state index contributed by atoms with van der Waals surface area (Å²) in [5.41, 5.74) is 0.558. The Morgan fingerprint density at radius 2 is 1.94 bits per heavy atom. The van der Waals surface area contributed by atoms with Crippen LogP contribution in [0.3, 0.4) is 0 Å². The van der Waals surface area contributed by atoms with Crippen molar-refractivity contribution in [3.8, 4) is 11.5 Å². The predicted octanol–water partition coefficient (Wildman–Crippen LogP) is 2.91. The monoisotopic (exact) mass is 234 g/mol. The number of ether oxygens (including phenoxy) is 1. The van der Waals surface area contributed by atoms with Gasteiger partial charge in [0.05, 0.1) is 6.10 Å². The summed E-state index contributed by atoms with van der Waals surface area (Å²) in [6.45, 7) is 0. The van der Waals surface area contributed by atoms with Gasteiger partial charge in [-0.05, 0) is 43.9 Å². The highest BCUT2D eigenvalue weighted by Crippen LogP contribution is 2.46. The normalized spacial score (nSPS) is 26.3. The van der Waals surface area contributed by atoms with E-state index >= 15 is 0 Å². The first-order chi connectivity index (χ1) is 8.19. The van der Waals surface area contributed by atoms with Crippen molar-refractivity contribution >= 4 is 0 Å². The van der Waals surface area contributed by atoms with E-state index in [0.29, 0.717) is 6.42 Å². The molecule has 1 unspecified atom stereocenters. The molecule has 2 aliphatic rings. The lowest BCUT2D eigenvalue weighted by Gasteiger charge is -2.43. The number of phenols is 1. The molecule has 1 aliphatic heterocycles. The SMILES string of the molecule is Oc1ccc2c(c1)C(O)CC1(CCCCC1)O2. The van der Waals surface area contributed by atoms with Gasteiger partial charge in [-0.2, -0.15) is 0 Å². The maximum Gasteiger partial charge on any atom is 0.126 e. The quantitative estimate of drug-likeness (QED) is 0.725. The van der Waals surface area contributed by atoms with Crippen LogP contribution in [0.25, 0.3) is 0 Å². The lowest BCUT2D eigenvalue weighted by Crippen LogP contribution is -2.42. The standard InChI is InChI=1S/C14H18O3/c15-10-4-5-13-11(8-10)12(16)9-14(17-13)6-2-1-3-7-14/h4-5,8,12,15-16H,1-3,6-7,9H2. The van der Waals surface area contributed by atoms with E-state index in [1.165, 1.54) is 19.3 Å². The fraction of sp³-hybridized carbons (Fsp3) is 0.571. The van der Waals surface area contributed by atoms with Crippen molar-refractivity contribution in [2.45, 2.75) is 50.2 Å². The van der Waals surface area contributed by atoms with E-state index < -0.39 is 6.10 Å². The number of aromatic hydroxyl groups is 1. The van der Waals surface area contributed by atoms with Gasteiger partial charge in [-0.3, -0.25) is 0 Å². The Hall–Kier alpha value is -1.22. The molecular formula is C14H18O3. The van der Waals surface area contributed by atoms with Gasteiger partial charge in [0.1, 0.15) is 17.1 Å². The van der Waals surface area contributed by atoms with Crippen molar-refractivity contribution in [2.24, 2.45) is 0 Å². The first-order valence-electron chi connectivity index (χ1n) is 6.39. The van der Waals surface area contributed by atoms with Crippen LogP contribution in [-0.2, 0) is 0 Å². The summed E-state index contributed by atoms with van der Waals surface area (Å²) >= 11 is 0. The minimum atomic E-state index is -0.510. The second-order valence-corrected chi connectivity index (χ2v) is 5.29. The second-order valence-electron chi connectivity index (χ2n) is 5.29. The minimum Gasteiger partial charge on any atom is -0.508 e. The first-order valence-corrected chi connectivity index (χ1v) is 6.39. The van der Waals surface area contributed by atoms with Crippen molar-refractivity contribution in [3.63, 3.8) is 0 Å². The third-order valence-electron chi connectivity index (χ3n) is 4.01. The van der Waals surface area contributed by atoms with Crippen LogP contribution in [0.1, 0.15) is 50.2 Å². The molecular weight excluding hydrogens is 216 g/mol. The van der Waals surface area contributed by atoms with Gasteiger partial charge < -0.3 is 14.9 Å². The molecule has 0 bridgehead atoms. The molecule has 3 rings (SSSR count). The van der Waals surface area contributed by atoms with Gasteiger partial charge in [-0.1, -0.05) is 6.42 Å². The molecule has 1 spiro atoms. The molecule has 1 saturated carbocycles. The van der Waals surface area contributed by atoms with Gasteiger partial charge in [0.25, 0.3) is 0 Å². The number of hydrogen-bond donors (Lipinski definition) is 2. The number of hydrogen-bond acceptors (Lipinski definition) is 3. The lowest BCUT2D eigenvalue weighted by molar-refractivity contribution is -0.0382. The molecule has 1 heterocycles. The molecule has 1 atom stereocenters. The Morgan fingerprint density at radius 3 is 2.71 bits per heavy atom. The molecule has 1 fully saturated rings. The fourth-order valence-corrected chi connectivity index (χ4v) is 3.13. The summed E-state index contributed by atoms with van der Waals surface area (Å²) < 4.78 is 6.11. The number of aliphatic hydroxyl groups is 1. The Morgan fingerprint density at radius 1 is 1.18 bits per heavy atom. The average Bonchev–Trinajstić information content (AvgIpc) is 2.31. The lowest BCUT2D eigenvalue weighted by atomic mass is 9.78. The van der Waals surface area contributed by atoms with Gasteiger partial charge in [0.15, 0.2) is 0 Å². The van der Waals surface area contributed by atoms with Gasteiger partial charge >= 0.3 is 0 Å². The molecule has 0 saturated heterocycles. The number of benzene rings is 1. The molecule has 0 radical (unpaired) electrons. The maximum atomic E-state index is 10.2. The number of phenolic OH excluding ortho intramolecular Hbond substituents is 1. The Labute approximate surface area is 101 Å². The van der Waals surface area contributed by atoms with E-state index in [9.17, 15) is 10.2 Å². The molecule has 2 N–H and O–H groups in total. The van der Waals surface area contributed by atoms with Crippen molar-refractivity contribution in [1.82, 2.24) is 0 Å². The summed E-state index contributed by atoms with van der Waals surface area (Å²) in [7, 11) is 0. The summed E-state index contributed by atoms with van der Waals surface area (Å²) in [5, 5.41) is 19.7. The zero-order chi connectivity index (χ0) is 11.9. The average molecular weight is 234 g/mol. The van der Waals surface area contributed by atoms with Crippen molar-refractivity contribution < 1.29 is 14.9 Å². The van der Waals surface area contributed by atoms with E-state index in [-0.39, 0.29) is 11.4 Å². The summed E-state index contributed by atoms with van der Waals surface area (Å²) in [6.07, 6.45) is 5.84. The molecule has 0 amide bonds. The third-order valence-corrected chi connectivity index (χ3v) is 4.01. The molecule has 92 valence electrons. The maximum absolute atomic E-state index is 10.2. The van der Waals surface area contributed by atoms with Gasteiger partial charge in [-0.25, -0.2) is 0 Å². The molecule has 1 aliphatic carbocycles. The zero-order valence-corrected chi connectivity index (χ0v) is 9.85. The van der Waals surface area contributed by atoms with Crippen molar-refractivity contribution in [3.05, 3.63) is 23.8 Å². The van der Waals surface area contributed by atoms with E-state index in [4.69, 9.17) is 4.74 Å². The molecule has 1 aromatic carbocycles. The van der Waals surface area contributed by atoms with Crippen LogP contribution >= 0.6 is 0 Å². The van der Waals surface area contributed by atoms with E-state index in [1.54, 1.807) is 18.2 Å². The van der Waals surface area contributed by atoms with Crippen LogP contribution in [0.4, 0.5) is 0 Å². The van der Waals surface area contributed by atoms with Crippen molar-refractivity contribution in [2.75, 3.05) is 0 Å². The second kappa shape index (κ2) is 3.91. The highest BCUT2D eigenvalue weighted by molar-refractivity contribution is 5.43. The topological polar surface area (TPSA) is 49.7 Å². The molecule has 3 heteroatoms. The molecule has 17 heavy (non-hydrogen) atoms. The van der Waals surface area contributed by atoms with Gasteiger partial charge in [0, 0.05) is 12.0 Å². The van der Waals surface area contributed by atoms with Crippen LogP contribution in [-0.4, -0.2) is 15.8 Å². The van der Waals surface area contributed by atoms with Crippen LogP contribution in [0.2, 0.25) is 0 Å². The number of rotatable bonds is 0. The summed E-state index contributed by atoms with van der Waals surface area (Å²) in [6, 6.07) is 4.99. The van der Waals surface area contributed by atoms with Gasteiger partial charge in [0.2, 0.25) is 0 Å². The van der Waals surface area contributed by atoms with E-state index in [1.807, 2.05) is 0 Å². The molecule has 1 aromatic rings.